The molecule has 1 aliphatic heterocycles. The number of rotatable bonds is 6. The molecule has 3 rings (SSSR count). The van der Waals surface area contributed by atoms with Gasteiger partial charge < -0.3 is 15.1 Å². The molecule has 0 saturated heterocycles. The van der Waals surface area contributed by atoms with Gasteiger partial charge in [-0.1, -0.05) is 39.0 Å². The predicted octanol–water partition coefficient (Wildman–Crippen LogP) is 4.04. The highest BCUT2D eigenvalue weighted by Gasteiger charge is 2.39. The van der Waals surface area contributed by atoms with Gasteiger partial charge in [0.05, 0.1) is 6.20 Å². The Kier molecular flexibility index (Phi) is 5.94. The summed E-state index contributed by atoms with van der Waals surface area (Å²) in [6.07, 6.45) is 15.6. The molecule has 0 radical (unpaired) electrons. The van der Waals surface area contributed by atoms with Gasteiger partial charge in [-0.2, -0.15) is 4.98 Å². The van der Waals surface area contributed by atoms with Gasteiger partial charge in [-0.05, 0) is 37.8 Å². The van der Waals surface area contributed by atoms with Gasteiger partial charge in [-0.3, -0.25) is 4.79 Å². The SMILES string of the molecule is CCC(CC)N1c2nc(NC3=CC=CCC=C3)ncc2N(C)C(=O)[C@H]1CC. The van der Waals surface area contributed by atoms with Crippen molar-refractivity contribution in [3.63, 3.8) is 0 Å². The minimum atomic E-state index is -0.185. The van der Waals surface area contributed by atoms with Gasteiger partial charge in [-0.15, -0.1) is 0 Å². The average molecular weight is 367 g/mol. The number of anilines is 3. The number of amides is 1. The van der Waals surface area contributed by atoms with E-state index in [1.165, 1.54) is 0 Å². The van der Waals surface area contributed by atoms with Crippen LogP contribution in [0.1, 0.15) is 46.5 Å². The van der Waals surface area contributed by atoms with Crippen molar-refractivity contribution in [1.82, 2.24) is 9.97 Å². The van der Waals surface area contributed by atoms with E-state index in [1.54, 1.807) is 11.1 Å². The maximum absolute atomic E-state index is 12.9. The van der Waals surface area contributed by atoms with E-state index >= 15 is 0 Å². The number of nitrogens with one attached hydrogen (secondary N) is 1. The minimum Gasteiger partial charge on any atom is -0.340 e. The molecule has 0 fully saturated rings. The van der Waals surface area contributed by atoms with E-state index < -0.39 is 0 Å². The molecule has 1 aromatic rings. The molecule has 6 nitrogen and oxygen atoms in total. The van der Waals surface area contributed by atoms with Gasteiger partial charge in [0, 0.05) is 18.8 Å². The molecule has 1 atom stereocenters. The molecular weight excluding hydrogens is 338 g/mol. The van der Waals surface area contributed by atoms with Crippen LogP contribution in [-0.4, -0.2) is 35.0 Å². The summed E-state index contributed by atoms with van der Waals surface area (Å²) in [6, 6.07) is 0.0871. The van der Waals surface area contributed by atoms with Crippen LogP contribution in [-0.2, 0) is 4.79 Å². The number of likely N-dealkylation sites (N-methyl/N-ethyl adjacent to an activating group) is 1. The monoisotopic (exact) mass is 367 g/mol. The highest BCUT2D eigenvalue weighted by atomic mass is 16.2. The van der Waals surface area contributed by atoms with Crippen molar-refractivity contribution >= 4 is 23.4 Å². The average Bonchev–Trinajstić information content (AvgIpc) is 2.95. The summed E-state index contributed by atoms with van der Waals surface area (Å²) in [7, 11) is 1.81. The molecule has 144 valence electrons. The largest absolute Gasteiger partial charge is 0.340 e. The Labute approximate surface area is 161 Å². The molecule has 1 aliphatic carbocycles. The van der Waals surface area contributed by atoms with E-state index in [0.717, 1.165) is 42.9 Å². The van der Waals surface area contributed by atoms with Crippen LogP contribution in [0.5, 0.6) is 0 Å². The zero-order valence-corrected chi connectivity index (χ0v) is 16.6. The van der Waals surface area contributed by atoms with Gasteiger partial charge >= 0.3 is 0 Å². The molecule has 2 aliphatic rings. The molecule has 0 saturated carbocycles. The first-order valence-corrected chi connectivity index (χ1v) is 9.83. The third-order valence-corrected chi connectivity index (χ3v) is 5.27. The van der Waals surface area contributed by atoms with Gasteiger partial charge in [-0.25, -0.2) is 4.98 Å². The van der Waals surface area contributed by atoms with Crippen LogP contribution in [0.15, 0.2) is 42.3 Å². The Balaban J connectivity index is 2.02. The summed E-state index contributed by atoms with van der Waals surface area (Å²) in [5, 5.41) is 3.30. The summed E-state index contributed by atoms with van der Waals surface area (Å²) in [5.41, 5.74) is 1.72. The van der Waals surface area contributed by atoms with Crippen LogP contribution in [0.3, 0.4) is 0 Å². The lowest BCUT2D eigenvalue weighted by Gasteiger charge is -2.44. The normalized spacial score (nSPS) is 19.2. The van der Waals surface area contributed by atoms with Gasteiger partial charge in [0.15, 0.2) is 5.82 Å². The van der Waals surface area contributed by atoms with Crippen molar-refractivity contribution in [2.24, 2.45) is 0 Å². The van der Waals surface area contributed by atoms with E-state index in [-0.39, 0.29) is 18.0 Å². The van der Waals surface area contributed by atoms with Gasteiger partial charge in [0.1, 0.15) is 11.7 Å². The molecular formula is C21H29N5O. The van der Waals surface area contributed by atoms with Crippen LogP contribution in [0.4, 0.5) is 17.5 Å². The Morgan fingerprint density at radius 2 is 2.04 bits per heavy atom. The number of aromatic nitrogens is 2. The van der Waals surface area contributed by atoms with E-state index in [9.17, 15) is 4.79 Å². The molecule has 27 heavy (non-hydrogen) atoms. The molecule has 2 heterocycles. The van der Waals surface area contributed by atoms with Crippen molar-refractivity contribution in [1.29, 1.82) is 0 Å². The van der Waals surface area contributed by atoms with Crippen LogP contribution in [0.2, 0.25) is 0 Å². The first kappa shape index (κ1) is 19.1. The summed E-state index contributed by atoms with van der Waals surface area (Å²) in [5.74, 6) is 1.50. The molecule has 0 bridgehead atoms. The number of allylic oxidation sites excluding steroid dienone is 5. The van der Waals surface area contributed by atoms with Crippen molar-refractivity contribution in [3.8, 4) is 0 Å². The Morgan fingerprint density at radius 1 is 1.26 bits per heavy atom. The molecule has 6 heteroatoms. The molecule has 1 aromatic heterocycles. The lowest BCUT2D eigenvalue weighted by atomic mass is 10.0. The number of nitrogens with zero attached hydrogens (tertiary/aromatic N) is 4. The summed E-state index contributed by atoms with van der Waals surface area (Å²) >= 11 is 0. The highest BCUT2D eigenvalue weighted by Crippen LogP contribution is 2.37. The lowest BCUT2D eigenvalue weighted by Crippen LogP contribution is -2.56. The Hall–Kier alpha value is -2.63. The molecule has 0 spiro atoms. The quantitative estimate of drug-likeness (QED) is 0.822. The van der Waals surface area contributed by atoms with Crippen LogP contribution in [0.25, 0.3) is 0 Å². The van der Waals surface area contributed by atoms with E-state index in [0.29, 0.717) is 5.95 Å². The fourth-order valence-corrected chi connectivity index (χ4v) is 3.73. The molecule has 1 N–H and O–H groups in total. The zero-order valence-electron chi connectivity index (χ0n) is 16.6. The fourth-order valence-electron chi connectivity index (χ4n) is 3.73. The summed E-state index contributed by atoms with van der Waals surface area (Å²) in [4.78, 5) is 26.1. The van der Waals surface area contributed by atoms with Crippen LogP contribution >= 0.6 is 0 Å². The third kappa shape index (κ3) is 3.75. The van der Waals surface area contributed by atoms with E-state index in [4.69, 9.17) is 4.98 Å². The second kappa shape index (κ2) is 8.37. The standard InChI is InChI=1S/C21H29N5O/c1-5-16(6-2)26-17(7-3)20(27)25(4)18-14-22-21(24-19(18)26)23-15-12-10-8-9-11-13-15/h8,10-14,16-17H,5-7,9H2,1-4H3,(H,22,23,24)/t17-/m1/s1. The topological polar surface area (TPSA) is 61.4 Å². The maximum atomic E-state index is 12.9. The van der Waals surface area contributed by atoms with Crippen molar-refractivity contribution < 1.29 is 4.79 Å². The minimum absolute atomic E-state index is 0.112. The number of fused-ring (bicyclic) bond motifs is 1. The van der Waals surface area contributed by atoms with Crippen LogP contribution in [0, 0.1) is 0 Å². The van der Waals surface area contributed by atoms with Crippen molar-refractivity contribution in [3.05, 3.63) is 42.3 Å². The zero-order chi connectivity index (χ0) is 19.4. The highest BCUT2D eigenvalue weighted by molar-refractivity contribution is 6.04. The van der Waals surface area contributed by atoms with Gasteiger partial charge in [0.2, 0.25) is 11.9 Å². The number of hydrogen-bond acceptors (Lipinski definition) is 5. The first-order valence-electron chi connectivity index (χ1n) is 9.83. The summed E-state index contributed by atoms with van der Waals surface area (Å²) < 4.78 is 0. The molecule has 0 aromatic carbocycles. The second-order valence-corrected chi connectivity index (χ2v) is 6.91. The predicted molar refractivity (Wildman–Crippen MR) is 111 cm³/mol. The fraction of sp³-hybridized carbons (Fsp3) is 0.476. The lowest BCUT2D eigenvalue weighted by molar-refractivity contribution is -0.120. The molecule has 0 unspecified atom stereocenters. The number of carbonyl (C=O) groups is 1. The van der Waals surface area contributed by atoms with E-state index in [2.05, 4.69) is 48.1 Å². The number of carbonyl (C=O) groups excluding carboxylic acids is 1. The van der Waals surface area contributed by atoms with Crippen molar-refractivity contribution in [2.75, 3.05) is 22.2 Å². The van der Waals surface area contributed by atoms with Crippen LogP contribution < -0.4 is 15.1 Å². The molecule has 1 amide bonds. The summed E-state index contributed by atoms with van der Waals surface area (Å²) in [6.45, 7) is 6.39. The Bertz CT molecular complexity index is 779. The maximum Gasteiger partial charge on any atom is 0.249 e. The first-order chi connectivity index (χ1) is 13.1. The third-order valence-electron chi connectivity index (χ3n) is 5.27. The van der Waals surface area contributed by atoms with E-state index in [1.807, 2.05) is 25.3 Å². The van der Waals surface area contributed by atoms with Crippen molar-refractivity contribution in [2.45, 2.75) is 58.5 Å². The number of hydrogen-bond donors (Lipinski definition) is 1. The Morgan fingerprint density at radius 3 is 2.74 bits per heavy atom. The smallest absolute Gasteiger partial charge is 0.249 e. The second-order valence-electron chi connectivity index (χ2n) is 6.91. The van der Waals surface area contributed by atoms with Gasteiger partial charge in [0.25, 0.3) is 0 Å².